The van der Waals surface area contributed by atoms with Gasteiger partial charge in [-0.3, -0.25) is 4.99 Å². The van der Waals surface area contributed by atoms with Crippen molar-refractivity contribution in [3.63, 3.8) is 0 Å². The third-order valence-electron chi connectivity index (χ3n) is 2.87. The Bertz CT molecular complexity index is 591. The molecular formula is C14H19IN4S2. The van der Waals surface area contributed by atoms with Gasteiger partial charge in [0.2, 0.25) is 0 Å². The molecule has 0 fully saturated rings. The molecule has 0 saturated carbocycles. The zero-order valence-electron chi connectivity index (χ0n) is 12.1. The first-order valence-corrected chi connectivity index (χ1v) is 9.54. The lowest BCUT2D eigenvalue weighted by Gasteiger charge is -2.10. The molecule has 7 heteroatoms. The molecule has 2 heterocycles. The Morgan fingerprint density at radius 1 is 1.29 bits per heavy atom. The molecule has 2 aromatic heterocycles. The minimum Gasteiger partial charge on any atom is -0.356 e. The van der Waals surface area contributed by atoms with Gasteiger partial charge in [0.25, 0.3) is 0 Å². The van der Waals surface area contributed by atoms with Gasteiger partial charge in [-0.2, -0.15) is 0 Å². The number of guanidine groups is 1. The van der Waals surface area contributed by atoms with E-state index in [9.17, 15) is 0 Å². The SMILES string of the molecule is CCc1cnc(CNC(=NC)NCCc2ccc(I)s2)s1. The van der Waals surface area contributed by atoms with Crippen molar-refractivity contribution < 1.29 is 0 Å². The Kier molecular flexibility index (Phi) is 6.91. The van der Waals surface area contributed by atoms with Crippen molar-refractivity contribution in [2.24, 2.45) is 4.99 Å². The Balaban J connectivity index is 1.73. The Morgan fingerprint density at radius 2 is 2.14 bits per heavy atom. The van der Waals surface area contributed by atoms with Gasteiger partial charge in [0.15, 0.2) is 5.96 Å². The fourth-order valence-electron chi connectivity index (χ4n) is 1.76. The van der Waals surface area contributed by atoms with E-state index < -0.39 is 0 Å². The highest BCUT2D eigenvalue weighted by Crippen LogP contribution is 2.18. The molecule has 0 spiro atoms. The second kappa shape index (κ2) is 8.70. The van der Waals surface area contributed by atoms with Gasteiger partial charge in [0, 0.05) is 29.5 Å². The van der Waals surface area contributed by atoms with Crippen molar-refractivity contribution in [1.82, 2.24) is 15.6 Å². The molecule has 2 aromatic rings. The van der Waals surface area contributed by atoms with Crippen molar-refractivity contribution in [2.75, 3.05) is 13.6 Å². The molecule has 114 valence electrons. The van der Waals surface area contributed by atoms with E-state index in [2.05, 4.69) is 62.3 Å². The van der Waals surface area contributed by atoms with E-state index in [1.165, 1.54) is 12.6 Å². The number of aliphatic imine (C=N–C) groups is 1. The van der Waals surface area contributed by atoms with Crippen LogP contribution in [0.2, 0.25) is 0 Å². The van der Waals surface area contributed by atoms with Crippen molar-refractivity contribution in [3.8, 4) is 0 Å². The van der Waals surface area contributed by atoms with Gasteiger partial charge in [-0.1, -0.05) is 6.92 Å². The van der Waals surface area contributed by atoms with Crippen LogP contribution in [0.5, 0.6) is 0 Å². The summed E-state index contributed by atoms with van der Waals surface area (Å²) >= 11 is 5.95. The number of hydrogen-bond donors (Lipinski definition) is 2. The minimum absolute atomic E-state index is 0.723. The summed E-state index contributed by atoms with van der Waals surface area (Å²) in [5.41, 5.74) is 0. The van der Waals surface area contributed by atoms with Crippen LogP contribution in [0.1, 0.15) is 21.7 Å². The highest BCUT2D eigenvalue weighted by atomic mass is 127. The topological polar surface area (TPSA) is 49.3 Å². The summed E-state index contributed by atoms with van der Waals surface area (Å²) in [6, 6.07) is 4.34. The van der Waals surface area contributed by atoms with Crippen LogP contribution in [0.25, 0.3) is 0 Å². The number of hydrogen-bond acceptors (Lipinski definition) is 4. The number of thiophene rings is 1. The van der Waals surface area contributed by atoms with Crippen LogP contribution in [0.4, 0.5) is 0 Å². The average Bonchev–Trinajstić information content (AvgIpc) is 3.11. The van der Waals surface area contributed by atoms with E-state index in [1.807, 2.05) is 17.5 Å². The zero-order chi connectivity index (χ0) is 15.1. The highest BCUT2D eigenvalue weighted by molar-refractivity contribution is 14.1. The Labute approximate surface area is 147 Å². The van der Waals surface area contributed by atoms with Crippen LogP contribution in [-0.4, -0.2) is 24.5 Å². The molecular weight excluding hydrogens is 415 g/mol. The van der Waals surface area contributed by atoms with E-state index in [0.29, 0.717) is 0 Å². The van der Waals surface area contributed by atoms with Crippen molar-refractivity contribution >= 4 is 51.2 Å². The fourth-order valence-corrected chi connectivity index (χ4v) is 4.32. The van der Waals surface area contributed by atoms with Gasteiger partial charge < -0.3 is 10.6 Å². The lowest BCUT2D eigenvalue weighted by Crippen LogP contribution is -2.37. The summed E-state index contributed by atoms with van der Waals surface area (Å²) in [4.78, 5) is 11.4. The van der Waals surface area contributed by atoms with Crippen LogP contribution in [0.3, 0.4) is 0 Å². The van der Waals surface area contributed by atoms with Gasteiger partial charge in [-0.25, -0.2) is 4.98 Å². The normalized spacial score (nSPS) is 11.7. The molecule has 21 heavy (non-hydrogen) atoms. The molecule has 0 aliphatic carbocycles. The fraction of sp³-hybridized carbons (Fsp3) is 0.429. The van der Waals surface area contributed by atoms with Gasteiger partial charge in [0.1, 0.15) is 5.01 Å². The molecule has 0 atom stereocenters. The third-order valence-corrected chi connectivity index (χ3v) is 5.97. The number of aryl methyl sites for hydroxylation is 1. The second-order valence-electron chi connectivity index (χ2n) is 4.38. The molecule has 0 radical (unpaired) electrons. The van der Waals surface area contributed by atoms with Gasteiger partial charge in [-0.15, -0.1) is 22.7 Å². The maximum atomic E-state index is 4.40. The second-order valence-corrected chi connectivity index (χ2v) is 8.64. The van der Waals surface area contributed by atoms with Crippen LogP contribution in [0.15, 0.2) is 23.3 Å². The molecule has 0 bridgehead atoms. The summed E-state index contributed by atoms with van der Waals surface area (Å²) in [6.07, 6.45) is 4.02. The van der Waals surface area contributed by atoms with Crippen molar-refractivity contribution in [1.29, 1.82) is 0 Å². The quantitative estimate of drug-likeness (QED) is 0.417. The first-order valence-electron chi connectivity index (χ1n) is 6.83. The van der Waals surface area contributed by atoms with Crippen molar-refractivity contribution in [2.45, 2.75) is 26.3 Å². The molecule has 0 unspecified atom stereocenters. The summed E-state index contributed by atoms with van der Waals surface area (Å²) in [5.74, 6) is 0.828. The minimum atomic E-state index is 0.723. The zero-order valence-corrected chi connectivity index (χ0v) is 15.9. The summed E-state index contributed by atoms with van der Waals surface area (Å²) in [6.45, 7) is 3.76. The summed E-state index contributed by atoms with van der Waals surface area (Å²) in [5, 5.41) is 7.74. The molecule has 4 nitrogen and oxygen atoms in total. The molecule has 0 aromatic carbocycles. The van der Waals surface area contributed by atoms with Crippen LogP contribution < -0.4 is 10.6 Å². The monoisotopic (exact) mass is 434 g/mol. The number of nitrogens with one attached hydrogen (secondary N) is 2. The highest BCUT2D eigenvalue weighted by Gasteiger charge is 2.03. The summed E-state index contributed by atoms with van der Waals surface area (Å²) in [7, 11) is 1.79. The predicted octanol–water partition coefficient (Wildman–Crippen LogP) is 3.28. The van der Waals surface area contributed by atoms with Crippen LogP contribution in [-0.2, 0) is 19.4 Å². The maximum absolute atomic E-state index is 4.40. The molecule has 0 saturated heterocycles. The molecule has 0 aliphatic heterocycles. The molecule has 2 N–H and O–H groups in total. The predicted molar refractivity (Wildman–Crippen MR) is 100 cm³/mol. The van der Waals surface area contributed by atoms with E-state index in [1.54, 1.807) is 18.4 Å². The average molecular weight is 434 g/mol. The van der Waals surface area contributed by atoms with E-state index >= 15 is 0 Å². The number of halogens is 1. The van der Waals surface area contributed by atoms with E-state index in [0.717, 1.165) is 36.9 Å². The maximum Gasteiger partial charge on any atom is 0.191 e. The van der Waals surface area contributed by atoms with Crippen molar-refractivity contribution in [3.05, 3.63) is 36.0 Å². The van der Waals surface area contributed by atoms with Crippen LogP contribution >= 0.6 is 45.3 Å². The lowest BCUT2D eigenvalue weighted by molar-refractivity contribution is 0.796. The largest absolute Gasteiger partial charge is 0.356 e. The van der Waals surface area contributed by atoms with E-state index in [4.69, 9.17) is 0 Å². The smallest absolute Gasteiger partial charge is 0.191 e. The molecule has 0 aliphatic rings. The number of aromatic nitrogens is 1. The van der Waals surface area contributed by atoms with E-state index in [-0.39, 0.29) is 0 Å². The number of thiazole rings is 1. The van der Waals surface area contributed by atoms with Gasteiger partial charge in [-0.05, 0) is 47.6 Å². The number of nitrogens with zero attached hydrogens (tertiary/aromatic N) is 2. The third kappa shape index (κ3) is 5.55. The first kappa shape index (κ1) is 16.7. The lowest BCUT2D eigenvalue weighted by atomic mass is 10.3. The molecule has 2 rings (SSSR count). The summed E-state index contributed by atoms with van der Waals surface area (Å²) < 4.78 is 1.33. The Hall–Kier alpha value is -0.670. The van der Waals surface area contributed by atoms with Crippen LogP contribution in [0, 0.1) is 2.88 Å². The Morgan fingerprint density at radius 3 is 2.76 bits per heavy atom. The molecule has 0 amide bonds. The van der Waals surface area contributed by atoms with Gasteiger partial charge in [0.05, 0.1) is 9.43 Å². The number of rotatable bonds is 6. The first-order chi connectivity index (χ1) is 10.2. The standard InChI is InChI=1S/C14H19IN4S2/c1-3-10-8-18-13(21-10)9-19-14(16-2)17-7-6-11-4-5-12(15)20-11/h4-5,8H,3,6-7,9H2,1-2H3,(H2,16,17,19). The van der Waals surface area contributed by atoms with Gasteiger partial charge >= 0.3 is 0 Å².